The van der Waals surface area contributed by atoms with E-state index < -0.39 is 0 Å². The minimum absolute atomic E-state index is 0.0361. The summed E-state index contributed by atoms with van der Waals surface area (Å²) in [5.41, 5.74) is 4.37. The van der Waals surface area contributed by atoms with E-state index in [1.165, 1.54) is 0 Å². The number of fused-ring (bicyclic) bond motifs is 1. The van der Waals surface area contributed by atoms with Gasteiger partial charge in [0.15, 0.2) is 0 Å². The van der Waals surface area contributed by atoms with Crippen LogP contribution >= 0.6 is 0 Å². The van der Waals surface area contributed by atoms with Crippen molar-refractivity contribution in [2.75, 3.05) is 12.0 Å². The van der Waals surface area contributed by atoms with Gasteiger partial charge in [-0.25, -0.2) is 0 Å². The molecule has 0 radical (unpaired) electrons. The van der Waals surface area contributed by atoms with Crippen LogP contribution in [0.5, 0.6) is 5.75 Å². The minimum Gasteiger partial charge on any atom is -0.497 e. The summed E-state index contributed by atoms with van der Waals surface area (Å²) in [5, 5.41) is 2.15. The molecule has 0 aromatic heterocycles. The fourth-order valence-electron chi connectivity index (χ4n) is 3.96. The van der Waals surface area contributed by atoms with Gasteiger partial charge in [-0.05, 0) is 46.9 Å². The van der Waals surface area contributed by atoms with Crippen LogP contribution in [-0.4, -0.2) is 13.0 Å². The van der Waals surface area contributed by atoms with Crippen LogP contribution in [0.2, 0.25) is 0 Å². The third-order valence-corrected chi connectivity index (χ3v) is 5.50. The maximum absolute atomic E-state index is 13.6. The molecule has 0 N–H and O–H groups in total. The van der Waals surface area contributed by atoms with Crippen LogP contribution in [0.3, 0.4) is 0 Å². The molecule has 0 spiro atoms. The zero-order chi connectivity index (χ0) is 21.2. The SMILES string of the molecule is COc1ccc(/C=C2\C=C(c3ccccc3)N(c3cccc4ccccc34)C2=O)cc1. The van der Waals surface area contributed by atoms with Gasteiger partial charge < -0.3 is 4.74 Å². The average Bonchev–Trinajstić information content (AvgIpc) is 3.15. The number of methoxy groups -OCH3 is 1. The van der Waals surface area contributed by atoms with Gasteiger partial charge in [0, 0.05) is 11.0 Å². The summed E-state index contributed by atoms with van der Waals surface area (Å²) in [4.78, 5) is 15.5. The van der Waals surface area contributed by atoms with Gasteiger partial charge in [0.1, 0.15) is 5.75 Å². The van der Waals surface area contributed by atoms with Crippen molar-refractivity contribution in [2.24, 2.45) is 0 Å². The summed E-state index contributed by atoms with van der Waals surface area (Å²) in [6.07, 6.45) is 3.90. The van der Waals surface area contributed by atoms with E-state index in [1.54, 1.807) is 7.11 Å². The summed E-state index contributed by atoms with van der Waals surface area (Å²) in [7, 11) is 1.64. The number of ether oxygens (including phenoxy) is 1. The van der Waals surface area contributed by atoms with Gasteiger partial charge in [-0.15, -0.1) is 0 Å². The highest BCUT2D eigenvalue weighted by Gasteiger charge is 2.31. The maximum atomic E-state index is 13.6. The largest absolute Gasteiger partial charge is 0.497 e. The number of rotatable bonds is 4. The Bertz CT molecular complexity index is 1310. The third-order valence-electron chi connectivity index (χ3n) is 5.50. The first-order chi connectivity index (χ1) is 15.2. The van der Waals surface area contributed by atoms with Crippen molar-refractivity contribution in [3.8, 4) is 5.75 Å². The quantitative estimate of drug-likeness (QED) is 0.373. The number of hydrogen-bond acceptors (Lipinski definition) is 2. The highest BCUT2D eigenvalue weighted by molar-refractivity contribution is 6.25. The number of benzene rings is 4. The molecular formula is C28H21NO2. The predicted octanol–water partition coefficient (Wildman–Crippen LogP) is 6.32. The van der Waals surface area contributed by atoms with Crippen LogP contribution in [0.15, 0.2) is 109 Å². The molecule has 1 heterocycles. The van der Waals surface area contributed by atoms with Gasteiger partial charge in [0.05, 0.1) is 18.5 Å². The molecule has 0 saturated carbocycles. The number of carbonyl (C=O) groups excluding carboxylic acids is 1. The highest BCUT2D eigenvalue weighted by Crippen LogP contribution is 2.38. The second-order valence-corrected chi connectivity index (χ2v) is 7.41. The Morgan fingerprint density at radius 1 is 0.774 bits per heavy atom. The van der Waals surface area contributed by atoms with E-state index in [0.717, 1.165) is 39.0 Å². The van der Waals surface area contributed by atoms with Gasteiger partial charge in [0.2, 0.25) is 0 Å². The van der Waals surface area contributed by atoms with E-state index in [-0.39, 0.29) is 5.91 Å². The molecule has 1 amide bonds. The Kier molecular flexibility index (Phi) is 4.85. The van der Waals surface area contributed by atoms with Crippen LogP contribution in [-0.2, 0) is 4.79 Å². The van der Waals surface area contributed by atoms with Crippen molar-refractivity contribution < 1.29 is 9.53 Å². The maximum Gasteiger partial charge on any atom is 0.262 e. The van der Waals surface area contributed by atoms with Gasteiger partial charge in [-0.2, -0.15) is 0 Å². The number of amides is 1. The van der Waals surface area contributed by atoms with Crippen molar-refractivity contribution >= 4 is 34.1 Å². The minimum atomic E-state index is -0.0361. The summed E-state index contributed by atoms with van der Waals surface area (Å²) < 4.78 is 5.24. The highest BCUT2D eigenvalue weighted by atomic mass is 16.5. The summed E-state index contributed by atoms with van der Waals surface area (Å²) >= 11 is 0. The topological polar surface area (TPSA) is 29.5 Å². The zero-order valence-electron chi connectivity index (χ0n) is 17.2. The Balaban J connectivity index is 1.65. The second kappa shape index (κ2) is 7.96. The molecule has 3 nitrogen and oxygen atoms in total. The lowest BCUT2D eigenvalue weighted by molar-refractivity contribution is -0.113. The van der Waals surface area contributed by atoms with E-state index in [9.17, 15) is 4.79 Å². The second-order valence-electron chi connectivity index (χ2n) is 7.41. The molecule has 5 rings (SSSR count). The van der Waals surface area contributed by atoms with Crippen molar-refractivity contribution in [1.82, 2.24) is 0 Å². The summed E-state index contributed by atoms with van der Waals surface area (Å²) in [6.45, 7) is 0. The van der Waals surface area contributed by atoms with Crippen LogP contribution in [0.25, 0.3) is 22.5 Å². The first-order valence-electron chi connectivity index (χ1n) is 10.2. The molecule has 0 bridgehead atoms. The van der Waals surface area contributed by atoms with Crippen molar-refractivity contribution in [3.63, 3.8) is 0 Å². The molecule has 3 heteroatoms. The van der Waals surface area contributed by atoms with Crippen LogP contribution < -0.4 is 9.64 Å². The van der Waals surface area contributed by atoms with Gasteiger partial charge in [-0.3, -0.25) is 9.69 Å². The number of hydrogen-bond donors (Lipinski definition) is 0. The van der Waals surface area contributed by atoms with Gasteiger partial charge in [-0.1, -0.05) is 78.9 Å². The molecule has 0 fully saturated rings. The third kappa shape index (κ3) is 3.51. The van der Waals surface area contributed by atoms with E-state index in [4.69, 9.17) is 4.74 Å². The number of carbonyl (C=O) groups is 1. The molecule has 0 atom stereocenters. The Hall–Kier alpha value is -4.11. The molecule has 4 aromatic rings. The zero-order valence-corrected chi connectivity index (χ0v) is 17.2. The fourth-order valence-corrected chi connectivity index (χ4v) is 3.96. The number of anilines is 1. The molecule has 0 unspecified atom stereocenters. The fraction of sp³-hybridized carbons (Fsp3) is 0.0357. The van der Waals surface area contributed by atoms with Gasteiger partial charge in [0.25, 0.3) is 5.91 Å². The Morgan fingerprint density at radius 3 is 2.26 bits per heavy atom. The van der Waals surface area contributed by atoms with Crippen LogP contribution in [0.4, 0.5) is 5.69 Å². The number of nitrogens with zero attached hydrogens (tertiary/aromatic N) is 1. The van der Waals surface area contributed by atoms with E-state index in [2.05, 4.69) is 18.2 Å². The first kappa shape index (κ1) is 18.9. The standard InChI is InChI=1S/C28H21NO2/c1-31-24-16-14-20(15-17-24)18-23-19-27(22-9-3-2-4-10-22)29(28(23)30)26-13-7-11-21-8-5-6-12-25(21)26/h2-19H,1H3/b23-18+. The lowest BCUT2D eigenvalue weighted by atomic mass is 10.1. The lowest BCUT2D eigenvalue weighted by Gasteiger charge is -2.22. The molecule has 0 saturated heterocycles. The first-order valence-corrected chi connectivity index (χ1v) is 10.2. The molecule has 0 aliphatic carbocycles. The van der Waals surface area contributed by atoms with Crippen LogP contribution in [0, 0.1) is 0 Å². The lowest BCUT2D eigenvalue weighted by Crippen LogP contribution is -2.25. The van der Waals surface area contributed by atoms with Crippen molar-refractivity contribution in [3.05, 3.63) is 120 Å². The monoisotopic (exact) mass is 403 g/mol. The van der Waals surface area contributed by atoms with Crippen molar-refractivity contribution in [2.45, 2.75) is 0 Å². The molecule has 4 aromatic carbocycles. The Labute approximate surface area is 181 Å². The summed E-state index contributed by atoms with van der Waals surface area (Å²) in [5.74, 6) is 0.754. The van der Waals surface area contributed by atoms with E-state index in [0.29, 0.717) is 5.57 Å². The normalized spacial score (nSPS) is 14.9. The smallest absolute Gasteiger partial charge is 0.262 e. The van der Waals surface area contributed by atoms with Crippen LogP contribution in [0.1, 0.15) is 11.1 Å². The average molecular weight is 403 g/mol. The summed E-state index contributed by atoms with van der Waals surface area (Å²) in [6, 6.07) is 32.0. The molecule has 150 valence electrons. The predicted molar refractivity (Wildman–Crippen MR) is 127 cm³/mol. The van der Waals surface area contributed by atoms with E-state index >= 15 is 0 Å². The van der Waals surface area contributed by atoms with Gasteiger partial charge >= 0.3 is 0 Å². The molecular weight excluding hydrogens is 382 g/mol. The van der Waals surface area contributed by atoms with E-state index in [1.807, 2.05) is 95.9 Å². The molecule has 31 heavy (non-hydrogen) atoms. The molecule has 1 aliphatic rings. The van der Waals surface area contributed by atoms with Crippen molar-refractivity contribution in [1.29, 1.82) is 0 Å². The molecule has 1 aliphatic heterocycles. The Morgan fingerprint density at radius 2 is 1.48 bits per heavy atom.